The first kappa shape index (κ1) is 25.2. The molecule has 2 unspecified atom stereocenters. The number of ether oxygens (including phenoxy) is 2. The molecule has 3 aliphatic rings. The molecule has 0 saturated carbocycles. The molecule has 1 spiro atoms. The van der Waals surface area contributed by atoms with Crippen LogP contribution in [0.15, 0.2) is 54.6 Å². The fourth-order valence-corrected chi connectivity index (χ4v) is 6.52. The van der Waals surface area contributed by atoms with Crippen molar-refractivity contribution in [2.24, 2.45) is 11.8 Å². The molecular weight excluding hydrogens is 474 g/mol. The van der Waals surface area contributed by atoms with E-state index in [0.717, 1.165) is 0 Å². The van der Waals surface area contributed by atoms with Crippen LogP contribution >= 0.6 is 0 Å². The Bertz CT molecular complexity index is 1170. The van der Waals surface area contributed by atoms with Crippen LogP contribution in [-0.2, 0) is 19.1 Å². The van der Waals surface area contributed by atoms with Crippen LogP contribution in [0.5, 0.6) is 5.75 Å². The van der Waals surface area contributed by atoms with Crippen LogP contribution in [0, 0.1) is 11.8 Å². The van der Waals surface area contributed by atoms with E-state index in [2.05, 4.69) is 10.6 Å². The zero-order valence-corrected chi connectivity index (χ0v) is 21.1. The normalized spacial score (nSPS) is 29.8. The van der Waals surface area contributed by atoms with E-state index >= 15 is 0 Å². The van der Waals surface area contributed by atoms with Crippen molar-refractivity contribution in [3.63, 3.8) is 0 Å². The van der Waals surface area contributed by atoms with Crippen molar-refractivity contribution in [3.8, 4) is 5.75 Å². The second-order valence-corrected chi connectivity index (χ2v) is 10.0. The number of hydrogen-bond acceptors (Lipinski definition) is 6. The van der Waals surface area contributed by atoms with E-state index in [4.69, 9.17) is 9.47 Å². The summed E-state index contributed by atoms with van der Waals surface area (Å²) >= 11 is 0. The molecule has 196 valence electrons. The van der Waals surface area contributed by atoms with Gasteiger partial charge >= 0.3 is 0 Å². The molecule has 0 aromatic heterocycles. The van der Waals surface area contributed by atoms with Gasteiger partial charge in [-0.15, -0.1) is 0 Å². The Hall–Kier alpha value is -3.43. The number of benzene rings is 2. The molecule has 3 fully saturated rings. The van der Waals surface area contributed by atoms with Gasteiger partial charge in [-0.3, -0.25) is 14.4 Å². The van der Waals surface area contributed by atoms with E-state index in [0.29, 0.717) is 42.8 Å². The molecule has 2 aromatic rings. The third kappa shape index (κ3) is 4.06. The monoisotopic (exact) mass is 507 g/mol. The van der Waals surface area contributed by atoms with Gasteiger partial charge in [-0.25, -0.2) is 0 Å². The van der Waals surface area contributed by atoms with E-state index in [9.17, 15) is 19.5 Å². The molecule has 9 nitrogen and oxygen atoms in total. The number of nitrogens with one attached hydrogen (secondary N) is 2. The first-order valence-electron chi connectivity index (χ1n) is 12.8. The summed E-state index contributed by atoms with van der Waals surface area (Å²) in [6.07, 6.45) is 1.96. The van der Waals surface area contributed by atoms with Crippen LogP contribution in [0.3, 0.4) is 0 Å². The highest BCUT2D eigenvalue weighted by molar-refractivity contribution is 6.05. The van der Waals surface area contributed by atoms with Crippen molar-refractivity contribution in [2.75, 3.05) is 30.9 Å². The molecule has 9 heteroatoms. The van der Waals surface area contributed by atoms with Crippen molar-refractivity contribution >= 4 is 29.1 Å². The number of fused-ring (bicyclic) bond motifs is 1. The molecule has 5 atom stereocenters. The Labute approximate surface area is 216 Å². The summed E-state index contributed by atoms with van der Waals surface area (Å²) in [5.41, 5.74) is -0.720. The van der Waals surface area contributed by atoms with E-state index in [1.165, 1.54) is 4.90 Å². The highest BCUT2D eigenvalue weighted by atomic mass is 16.5. The number of methoxy groups -OCH3 is 1. The Kier molecular flexibility index (Phi) is 6.68. The first-order valence-corrected chi connectivity index (χ1v) is 12.8. The Balaban J connectivity index is 1.49. The molecule has 2 bridgehead atoms. The summed E-state index contributed by atoms with van der Waals surface area (Å²) in [5.74, 6) is -1.76. The van der Waals surface area contributed by atoms with Gasteiger partial charge in [-0.05, 0) is 62.1 Å². The maximum atomic E-state index is 13.9. The third-order valence-electron chi connectivity index (χ3n) is 8.17. The smallest absolute Gasteiger partial charge is 0.250 e. The Morgan fingerprint density at radius 3 is 2.38 bits per heavy atom. The molecule has 5 rings (SSSR count). The molecule has 3 amide bonds. The van der Waals surface area contributed by atoms with E-state index in [1.54, 1.807) is 43.5 Å². The number of aliphatic hydroxyl groups is 1. The standard InChI is InChI=1S/C28H33N3O6/c1-3-27-14-15-28(37-27)22(21(27)24(33)29-18-8-5-4-6-9-18)26(35)31(16-7-17-32)23(28)25(34)30-19-10-12-20(36-2)13-11-19/h4-6,8-13,21-23,32H,3,7,14-17H2,1-2H3,(H,29,33)(H,30,34)/t21-,22+,23?,27+,28?/m1/s1. The first-order chi connectivity index (χ1) is 17.9. The summed E-state index contributed by atoms with van der Waals surface area (Å²) in [4.78, 5) is 42.9. The summed E-state index contributed by atoms with van der Waals surface area (Å²) in [7, 11) is 1.57. The van der Waals surface area contributed by atoms with Gasteiger partial charge in [0.15, 0.2) is 0 Å². The SMILES string of the molecule is CC[C@@]12CCC3(O1)C(C(=O)Nc1ccc(OC)cc1)N(CCCO)C(=O)[C@@H]3[C@@H]2C(=O)Nc1ccccc1. The molecule has 2 aromatic carbocycles. The number of carbonyl (C=O) groups is 3. The Morgan fingerprint density at radius 2 is 1.73 bits per heavy atom. The minimum atomic E-state index is -1.11. The van der Waals surface area contributed by atoms with Crippen LogP contribution < -0.4 is 15.4 Å². The van der Waals surface area contributed by atoms with Crippen LogP contribution in [0.25, 0.3) is 0 Å². The largest absolute Gasteiger partial charge is 0.497 e. The number of hydrogen-bond donors (Lipinski definition) is 3. The lowest BCUT2D eigenvalue weighted by molar-refractivity contribution is -0.144. The van der Waals surface area contributed by atoms with Gasteiger partial charge in [0.1, 0.15) is 17.4 Å². The van der Waals surface area contributed by atoms with Gasteiger partial charge in [0.05, 0.1) is 24.5 Å². The fraction of sp³-hybridized carbons (Fsp3) is 0.464. The molecule has 3 saturated heterocycles. The van der Waals surface area contributed by atoms with Crippen LogP contribution in [0.2, 0.25) is 0 Å². The number of nitrogens with zero attached hydrogens (tertiary/aromatic N) is 1. The van der Waals surface area contributed by atoms with Crippen LogP contribution in [0.1, 0.15) is 32.6 Å². The van der Waals surface area contributed by atoms with Crippen LogP contribution in [-0.4, -0.2) is 65.2 Å². The summed E-state index contributed by atoms with van der Waals surface area (Å²) in [6, 6.07) is 15.2. The average molecular weight is 508 g/mol. The second-order valence-electron chi connectivity index (χ2n) is 10.0. The Morgan fingerprint density at radius 1 is 1.05 bits per heavy atom. The summed E-state index contributed by atoms with van der Waals surface area (Å²) in [5, 5.41) is 15.4. The highest BCUT2D eigenvalue weighted by Crippen LogP contribution is 2.64. The van der Waals surface area contributed by atoms with Crippen molar-refractivity contribution < 1.29 is 29.0 Å². The molecule has 0 aliphatic carbocycles. The molecule has 0 radical (unpaired) electrons. The predicted octanol–water partition coefficient (Wildman–Crippen LogP) is 2.81. The quantitative estimate of drug-likeness (QED) is 0.481. The molecule has 3 aliphatic heterocycles. The fourth-order valence-electron chi connectivity index (χ4n) is 6.52. The van der Waals surface area contributed by atoms with Gasteiger partial charge in [0, 0.05) is 24.5 Å². The number of carbonyl (C=O) groups excluding carboxylic acids is 3. The number of likely N-dealkylation sites (tertiary alicyclic amines) is 1. The summed E-state index contributed by atoms with van der Waals surface area (Å²) < 4.78 is 11.9. The average Bonchev–Trinajstić information content (AvgIpc) is 3.52. The van der Waals surface area contributed by atoms with Crippen molar-refractivity contribution in [1.29, 1.82) is 0 Å². The van der Waals surface area contributed by atoms with E-state index < -0.39 is 29.1 Å². The molecule has 3 N–H and O–H groups in total. The lowest BCUT2D eigenvalue weighted by Crippen LogP contribution is -2.53. The van der Waals surface area contributed by atoms with Crippen molar-refractivity contribution in [2.45, 2.75) is 49.9 Å². The number of para-hydroxylation sites is 1. The number of aliphatic hydroxyl groups excluding tert-OH is 1. The van der Waals surface area contributed by atoms with E-state index in [1.807, 2.05) is 25.1 Å². The lowest BCUT2D eigenvalue weighted by Gasteiger charge is -2.34. The maximum Gasteiger partial charge on any atom is 0.250 e. The minimum absolute atomic E-state index is 0.119. The topological polar surface area (TPSA) is 117 Å². The second kappa shape index (κ2) is 9.79. The van der Waals surface area contributed by atoms with Crippen molar-refractivity contribution in [1.82, 2.24) is 4.90 Å². The molecular formula is C28H33N3O6. The van der Waals surface area contributed by atoms with Gasteiger partial charge in [0.2, 0.25) is 17.7 Å². The maximum absolute atomic E-state index is 13.9. The van der Waals surface area contributed by atoms with Gasteiger partial charge in [-0.2, -0.15) is 0 Å². The van der Waals surface area contributed by atoms with Gasteiger partial charge < -0.3 is 30.1 Å². The zero-order valence-electron chi connectivity index (χ0n) is 21.1. The van der Waals surface area contributed by atoms with Crippen LogP contribution in [0.4, 0.5) is 11.4 Å². The predicted molar refractivity (Wildman–Crippen MR) is 137 cm³/mol. The minimum Gasteiger partial charge on any atom is -0.497 e. The number of rotatable bonds is 9. The third-order valence-corrected chi connectivity index (χ3v) is 8.17. The summed E-state index contributed by atoms with van der Waals surface area (Å²) in [6.45, 7) is 2.04. The molecule has 37 heavy (non-hydrogen) atoms. The number of amides is 3. The zero-order chi connectivity index (χ0) is 26.2. The van der Waals surface area contributed by atoms with Gasteiger partial charge in [-0.1, -0.05) is 25.1 Å². The van der Waals surface area contributed by atoms with Gasteiger partial charge in [0.25, 0.3) is 0 Å². The number of anilines is 2. The highest BCUT2D eigenvalue weighted by Gasteiger charge is 2.78. The molecule has 3 heterocycles. The lowest BCUT2D eigenvalue weighted by atomic mass is 9.65. The van der Waals surface area contributed by atoms with E-state index in [-0.39, 0.29) is 30.9 Å². The van der Waals surface area contributed by atoms with Crippen molar-refractivity contribution in [3.05, 3.63) is 54.6 Å².